The fraction of sp³-hybridized carbons (Fsp3) is 0.875. The summed E-state index contributed by atoms with van der Waals surface area (Å²) in [5, 5.41) is 0. The molecular weight excluding hydrogens is 282 g/mol. The van der Waals surface area contributed by atoms with Crippen LogP contribution in [0.25, 0.3) is 0 Å². The quantitative estimate of drug-likeness (QED) is 0.807. The van der Waals surface area contributed by atoms with Crippen molar-refractivity contribution in [2.75, 3.05) is 33.7 Å². The number of piperidine rings is 1. The first-order valence-electron chi connectivity index (χ1n) is 8.20. The molecule has 2 aliphatic rings. The maximum absolute atomic E-state index is 12.9. The second-order valence-corrected chi connectivity index (χ2v) is 7.38. The first-order chi connectivity index (χ1) is 9.95. The predicted octanol–water partition coefficient (Wildman–Crippen LogP) is 2.02. The fourth-order valence-corrected chi connectivity index (χ4v) is 4.09. The van der Waals surface area contributed by atoms with E-state index in [1.165, 1.54) is 19.3 Å². The lowest BCUT2D eigenvalue weighted by Gasteiger charge is -2.39. The molecule has 0 atom stereocenters. The van der Waals surface area contributed by atoms with Crippen LogP contribution in [-0.4, -0.2) is 54.4 Å². The van der Waals surface area contributed by atoms with Gasteiger partial charge in [0.25, 0.3) is 0 Å². The van der Waals surface area contributed by atoms with Gasteiger partial charge in [0.15, 0.2) is 0 Å². The standard InChI is InChI=1S/C16H29N3OS/c1-18-10-6-13(7-11-18)12-19(2)15(20)16(14(17)21)8-4-3-5-9-16/h13H,3-12H2,1-2H3,(H2,17,21). The predicted molar refractivity (Wildman–Crippen MR) is 90.2 cm³/mol. The Balaban J connectivity index is 1.98. The van der Waals surface area contributed by atoms with Gasteiger partial charge in [-0.3, -0.25) is 4.79 Å². The van der Waals surface area contributed by atoms with Crippen molar-refractivity contribution in [1.82, 2.24) is 9.80 Å². The van der Waals surface area contributed by atoms with Gasteiger partial charge in [-0.1, -0.05) is 31.5 Å². The average molecular weight is 311 g/mol. The maximum Gasteiger partial charge on any atom is 0.235 e. The number of carbonyl (C=O) groups excluding carboxylic acids is 1. The number of thiocarbonyl (C=S) groups is 1. The fourth-order valence-electron chi connectivity index (χ4n) is 3.80. The average Bonchev–Trinajstić information content (AvgIpc) is 2.49. The summed E-state index contributed by atoms with van der Waals surface area (Å²) in [6, 6.07) is 0. The van der Waals surface area contributed by atoms with E-state index in [-0.39, 0.29) is 5.91 Å². The zero-order valence-corrected chi connectivity index (χ0v) is 14.3. The molecule has 0 aromatic rings. The summed E-state index contributed by atoms with van der Waals surface area (Å²) in [5.41, 5.74) is 5.41. The van der Waals surface area contributed by atoms with Crippen molar-refractivity contribution in [3.05, 3.63) is 0 Å². The van der Waals surface area contributed by atoms with E-state index in [1.54, 1.807) is 0 Å². The molecule has 0 aromatic carbocycles. The molecule has 21 heavy (non-hydrogen) atoms. The minimum absolute atomic E-state index is 0.161. The highest BCUT2D eigenvalue weighted by molar-refractivity contribution is 7.80. The lowest BCUT2D eigenvalue weighted by molar-refractivity contribution is -0.139. The van der Waals surface area contributed by atoms with Gasteiger partial charge in [0.2, 0.25) is 5.91 Å². The van der Waals surface area contributed by atoms with E-state index in [0.29, 0.717) is 10.9 Å². The first-order valence-corrected chi connectivity index (χ1v) is 8.60. The van der Waals surface area contributed by atoms with Crippen LogP contribution in [0.1, 0.15) is 44.9 Å². The molecule has 1 aliphatic heterocycles. The van der Waals surface area contributed by atoms with Crippen molar-refractivity contribution >= 4 is 23.1 Å². The normalized spacial score (nSPS) is 23.7. The monoisotopic (exact) mass is 311 g/mol. The molecule has 2 N–H and O–H groups in total. The Morgan fingerprint density at radius 1 is 1.29 bits per heavy atom. The summed E-state index contributed by atoms with van der Waals surface area (Å²) in [5.74, 6) is 0.774. The summed E-state index contributed by atoms with van der Waals surface area (Å²) in [7, 11) is 4.09. The van der Waals surface area contributed by atoms with Gasteiger partial charge in [0, 0.05) is 13.6 Å². The number of hydrogen-bond acceptors (Lipinski definition) is 3. The molecule has 1 aliphatic carbocycles. The van der Waals surface area contributed by atoms with Crippen LogP contribution in [0.15, 0.2) is 0 Å². The van der Waals surface area contributed by atoms with Gasteiger partial charge in [0.05, 0.1) is 10.4 Å². The van der Waals surface area contributed by atoms with Crippen molar-refractivity contribution in [2.45, 2.75) is 44.9 Å². The Hall–Kier alpha value is -0.680. The number of rotatable bonds is 4. The zero-order valence-electron chi connectivity index (χ0n) is 13.4. The van der Waals surface area contributed by atoms with Gasteiger partial charge < -0.3 is 15.5 Å². The highest BCUT2D eigenvalue weighted by atomic mass is 32.1. The van der Waals surface area contributed by atoms with E-state index in [9.17, 15) is 4.79 Å². The molecule has 0 unspecified atom stereocenters. The Morgan fingerprint density at radius 3 is 2.38 bits per heavy atom. The number of carbonyl (C=O) groups is 1. The molecule has 5 heteroatoms. The van der Waals surface area contributed by atoms with Gasteiger partial charge in [-0.05, 0) is 51.7 Å². The molecule has 4 nitrogen and oxygen atoms in total. The molecule has 1 saturated heterocycles. The third-order valence-corrected chi connectivity index (χ3v) is 5.70. The van der Waals surface area contributed by atoms with Crippen LogP contribution >= 0.6 is 12.2 Å². The van der Waals surface area contributed by atoms with E-state index < -0.39 is 5.41 Å². The third kappa shape index (κ3) is 3.75. The van der Waals surface area contributed by atoms with Gasteiger partial charge >= 0.3 is 0 Å². The van der Waals surface area contributed by atoms with E-state index in [4.69, 9.17) is 18.0 Å². The Bertz CT molecular complexity index is 385. The van der Waals surface area contributed by atoms with E-state index in [2.05, 4.69) is 11.9 Å². The minimum atomic E-state index is -0.562. The molecule has 0 aromatic heterocycles. The molecular formula is C16H29N3OS. The van der Waals surface area contributed by atoms with Gasteiger partial charge in [0.1, 0.15) is 0 Å². The zero-order chi connectivity index (χ0) is 15.5. The summed E-state index contributed by atoms with van der Waals surface area (Å²) < 4.78 is 0. The molecule has 2 rings (SSSR count). The maximum atomic E-state index is 12.9. The van der Waals surface area contributed by atoms with Gasteiger partial charge in [-0.15, -0.1) is 0 Å². The molecule has 120 valence electrons. The Kier molecular flexibility index (Phi) is 5.60. The van der Waals surface area contributed by atoms with Crippen LogP contribution in [-0.2, 0) is 4.79 Å². The smallest absolute Gasteiger partial charge is 0.235 e. The SMILES string of the molecule is CN1CCC(CN(C)C(=O)C2(C(N)=S)CCCCC2)CC1. The number of nitrogens with two attached hydrogens (primary N) is 1. The number of amides is 1. The van der Waals surface area contributed by atoms with Crippen LogP contribution in [0.2, 0.25) is 0 Å². The summed E-state index contributed by atoms with van der Waals surface area (Å²) >= 11 is 5.27. The molecule has 0 spiro atoms. The van der Waals surface area contributed by atoms with Crippen LogP contribution in [0, 0.1) is 11.3 Å². The van der Waals surface area contributed by atoms with Crippen LogP contribution in [0.5, 0.6) is 0 Å². The molecule has 1 amide bonds. The van der Waals surface area contributed by atoms with Crippen molar-refractivity contribution in [3.63, 3.8) is 0 Å². The lowest BCUT2D eigenvalue weighted by atomic mass is 9.72. The molecule has 2 fully saturated rings. The summed E-state index contributed by atoms with van der Waals surface area (Å²) in [6.07, 6.45) is 7.33. The van der Waals surface area contributed by atoms with Crippen molar-refractivity contribution in [1.29, 1.82) is 0 Å². The second kappa shape index (κ2) is 7.05. The second-order valence-electron chi connectivity index (χ2n) is 6.94. The largest absolute Gasteiger partial charge is 0.392 e. The highest BCUT2D eigenvalue weighted by Gasteiger charge is 2.44. The van der Waals surface area contributed by atoms with E-state index >= 15 is 0 Å². The molecule has 0 bridgehead atoms. The Morgan fingerprint density at radius 2 is 1.86 bits per heavy atom. The van der Waals surface area contributed by atoms with Gasteiger partial charge in [-0.25, -0.2) is 0 Å². The topological polar surface area (TPSA) is 49.6 Å². The number of nitrogens with zero attached hydrogens (tertiary/aromatic N) is 2. The molecule has 1 heterocycles. The van der Waals surface area contributed by atoms with Crippen molar-refractivity contribution < 1.29 is 4.79 Å². The number of hydrogen-bond donors (Lipinski definition) is 1. The third-order valence-electron chi connectivity index (χ3n) is 5.31. The van der Waals surface area contributed by atoms with Crippen molar-refractivity contribution in [3.8, 4) is 0 Å². The summed E-state index contributed by atoms with van der Waals surface area (Å²) in [6.45, 7) is 3.11. The molecule has 1 saturated carbocycles. The highest BCUT2D eigenvalue weighted by Crippen LogP contribution is 2.38. The van der Waals surface area contributed by atoms with Crippen LogP contribution in [0.3, 0.4) is 0 Å². The summed E-state index contributed by atoms with van der Waals surface area (Å²) in [4.78, 5) is 17.6. The Labute approximate surface area is 134 Å². The van der Waals surface area contributed by atoms with Gasteiger partial charge in [-0.2, -0.15) is 0 Å². The van der Waals surface area contributed by atoms with E-state index in [0.717, 1.165) is 45.3 Å². The van der Waals surface area contributed by atoms with Crippen molar-refractivity contribution in [2.24, 2.45) is 17.1 Å². The van der Waals surface area contributed by atoms with Crippen LogP contribution < -0.4 is 5.73 Å². The van der Waals surface area contributed by atoms with E-state index in [1.807, 2.05) is 11.9 Å². The lowest BCUT2D eigenvalue weighted by Crippen LogP contribution is -2.51. The molecule has 0 radical (unpaired) electrons. The minimum Gasteiger partial charge on any atom is -0.392 e. The van der Waals surface area contributed by atoms with Crippen LogP contribution in [0.4, 0.5) is 0 Å². The first kappa shape index (κ1) is 16.7. The number of likely N-dealkylation sites (tertiary alicyclic amines) is 1.